The van der Waals surface area contributed by atoms with Crippen molar-refractivity contribution in [2.45, 2.75) is 0 Å². The van der Waals surface area contributed by atoms with Gasteiger partial charge in [0.05, 0.1) is 39.0 Å². The smallest absolute Gasteiger partial charge is 0.0963 e. The highest BCUT2D eigenvalue weighted by molar-refractivity contribution is 6.11. The van der Waals surface area contributed by atoms with E-state index in [4.69, 9.17) is 9.97 Å². The summed E-state index contributed by atoms with van der Waals surface area (Å²) in [7, 11) is 0. The first-order chi connectivity index (χ1) is 27.8. The van der Waals surface area contributed by atoms with Gasteiger partial charge in [-0.2, -0.15) is 0 Å². The maximum atomic E-state index is 5.18. The molecule has 0 aliphatic heterocycles. The van der Waals surface area contributed by atoms with E-state index in [0.29, 0.717) is 0 Å². The fourth-order valence-electron chi connectivity index (χ4n) is 8.31. The minimum absolute atomic E-state index is 0.944. The van der Waals surface area contributed by atoms with E-state index in [-0.39, 0.29) is 0 Å². The third-order valence-corrected chi connectivity index (χ3v) is 11.0. The van der Waals surface area contributed by atoms with Gasteiger partial charge in [0.25, 0.3) is 0 Å². The van der Waals surface area contributed by atoms with Crippen molar-refractivity contribution in [1.82, 2.24) is 19.1 Å². The molecule has 0 fully saturated rings. The molecule has 0 aliphatic rings. The summed E-state index contributed by atoms with van der Waals surface area (Å²) in [5, 5.41) is 3.59. The Bertz CT molecular complexity index is 3160. The zero-order valence-corrected chi connectivity index (χ0v) is 30.4. The van der Waals surface area contributed by atoms with Gasteiger partial charge in [-0.25, -0.2) is 4.98 Å². The van der Waals surface area contributed by atoms with Crippen LogP contribution < -0.4 is 0 Å². The highest BCUT2D eigenvalue weighted by atomic mass is 15.0. The number of benzene rings is 7. The fraction of sp³-hybridized carbons (Fsp3) is 0. The molecule has 0 N–H and O–H groups in total. The third kappa shape index (κ3) is 5.31. The van der Waals surface area contributed by atoms with Crippen LogP contribution in [0.15, 0.2) is 206 Å². The van der Waals surface area contributed by atoms with E-state index >= 15 is 0 Å². The Morgan fingerprint density at radius 1 is 0.304 bits per heavy atom. The van der Waals surface area contributed by atoms with Crippen molar-refractivity contribution in [2.24, 2.45) is 0 Å². The number of hydrogen-bond acceptors (Lipinski definition) is 2. The van der Waals surface area contributed by atoms with E-state index in [2.05, 4.69) is 197 Å². The van der Waals surface area contributed by atoms with E-state index < -0.39 is 0 Å². The lowest BCUT2D eigenvalue weighted by molar-refractivity contribution is 1.17. The molecule has 0 atom stereocenters. The summed E-state index contributed by atoms with van der Waals surface area (Å²) in [6.45, 7) is 0. The maximum absolute atomic E-state index is 5.18. The van der Waals surface area contributed by atoms with Gasteiger partial charge >= 0.3 is 0 Å². The second kappa shape index (κ2) is 13.1. The van der Waals surface area contributed by atoms with Crippen LogP contribution in [-0.2, 0) is 0 Å². The standard InChI is InChI=1S/C52H34N4/c1-4-13-35(14-5-1)40-32-46(36-15-6-2-7-16-36)54-47(33-40)37-22-26-42(27-23-37)56-48-20-11-10-19-43(48)44-28-24-39(34-51(44)56)38-25-29-49-45(31-38)52-50(21-12-30-53-52)55(49)41-17-8-3-9-18-41/h1-34H. The van der Waals surface area contributed by atoms with Crippen LogP contribution in [0.3, 0.4) is 0 Å². The van der Waals surface area contributed by atoms with Crippen LogP contribution in [0.5, 0.6) is 0 Å². The van der Waals surface area contributed by atoms with Crippen molar-refractivity contribution in [3.05, 3.63) is 206 Å². The maximum Gasteiger partial charge on any atom is 0.0963 e. The Labute approximate surface area is 324 Å². The molecule has 262 valence electrons. The van der Waals surface area contributed by atoms with Crippen LogP contribution in [0.25, 0.3) is 99.9 Å². The number of nitrogens with zero attached hydrogens (tertiary/aromatic N) is 4. The molecule has 4 heterocycles. The summed E-state index contributed by atoms with van der Waals surface area (Å²) in [6.07, 6.45) is 1.89. The number of pyridine rings is 2. The molecule has 0 bridgehead atoms. The molecule has 7 aromatic carbocycles. The van der Waals surface area contributed by atoms with Gasteiger partial charge in [0, 0.05) is 44.9 Å². The van der Waals surface area contributed by atoms with Gasteiger partial charge in [-0.05, 0) is 95.1 Å². The molecule has 4 heteroatoms. The molecule has 0 amide bonds. The van der Waals surface area contributed by atoms with Crippen LogP contribution >= 0.6 is 0 Å². The predicted octanol–water partition coefficient (Wildman–Crippen LogP) is 13.3. The van der Waals surface area contributed by atoms with Gasteiger partial charge < -0.3 is 9.13 Å². The predicted molar refractivity (Wildman–Crippen MR) is 232 cm³/mol. The lowest BCUT2D eigenvalue weighted by Gasteiger charge is -2.12. The van der Waals surface area contributed by atoms with E-state index in [0.717, 1.165) is 78.0 Å². The summed E-state index contributed by atoms with van der Waals surface area (Å²) in [6, 6.07) is 71.3. The summed E-state index contributed by atoms with van der Waals surface area (Å²) in [4.78, 5) is 10.0. The van der Waals surface area contributed by atoms with E-state index in [1.165, 1.54) is 21.9 Å². The second-order valence-electron chi connectivity index (χ2n) is 14.3. The van der Waals surface area contributed by atoms with E-state index in [1.807, 2.05) is 18.3 Å². The van der Waals surface area contributed by atoms with Gasteiger partial charge in [0.1, 0.15) is 0 Å². The molecule has 0 radical (unpaired) electrons. The van der Waals surface area contributed by atoms with Crippen LogP contribution in [0.2, 0.25) is 0 Å². The molecule has 4 aromatic heterocycles. The molecular weight excluding hydrogens is 681 g/mol. The van der Waals surface area contributed by atoms with Crippen molar-refractivity contribution in [3.8, 4) is 56.1 Å². The van der Waals surface area contributed by atoms with Gasteiger partial charge in [-0.3, -0.25) is 4.98 Å². The topological polar surface area (TPSA) is 35.6 Å². The molecular formula is C52H34N4. The van der Waals surface area contributed by atoms with Crippen molar-refractivity contribution < 1.29 is 0 Å². The van der Waals surface area contributed by atoms with Gasteiger partial charge in [0.2, 0.25) is 0 Å². The summed E-state index contributed by atoms with van der Waals surface area (Å²) >= 11 is 0. The quantitative estimate of drug-likeness (QED) is 0.172. The Kier molecular flexibility index (Phi) is 7.46. The number of aromatic nitrogens is 4. The number of hydrogen-bond donors (Lipinski definition) is 0. The molecule has 11 rings (SSSR count). The molecule has 0 spiro atoms. The highest BCUT2D eigenvalue weighted by Crippen LogP contribution is 2.38. The number of rotatable bonds is 6. The second-order valence-corrected chi connectivity index (χ2v) is 14.3. The highest BCUT2D eigenvalue weighted by Gasteiger charge is 2.17. The average Bonchev–Trinajstić information content (AvgIpc) is 3.79. The van der Waals surface area contributed by atoms with E-state index in [9.17, 15) is 0 Å². The lowest BCUT2D eigenvalue weighted by Crippen LogP contribution is -1.95. The van der Waals surface area contributed by atoms with Gasteiger partial charge in [0.15, 0.2) is 0 Å². The molecule has 0 saturated heterocycles. The van der Waals surface area contributed by atoms with Crippen molar-refractivity contribution in [1.29, 1.82) is 0 Å². The van der Waals surface area contributed by atoms with Gasteiger partial charge in [-0.15, -0.1) is 0 Å². The summed E-state index contributed by atoms with van der Waals surface area (Å²) in [5.74, 6) is 0. The molecule has 56 heavy (non-hydrogen) atoms. The van der Waals surface area contributed by atoms with Crippen molar-refractivity contribution >= 4 is 43.7 Å². The summed E-state index contributed by atoms with van der Waals surface area (Å²) < 4.78 is 4.70. The Balaban J connectivity index is 1.03. The molecule has 0 saturated carbocycles. The first-order valence-electron chi connectivity index (χ1n) is 19.0. The van der Waals surface area contributed by atoms with Crippen LogP contribution in [0, 0.1) is 0 Å². The third-order valence-electron chi connectivity index (χ3n) is 11.0. The Morgan fingerprint density at radius 3 is 1.61 bits per heavy atom. The normalized spacial score (nSPS) is 11.6. The van der Waals surface area contributed by atoms with Gasteiger partial charge in [-0.1, -0.05) is 127 Å². The lowest BCUT2D eigenvalue weighted by atomic mass is 10.00. The minimum atomic E-state index is 0.944. The van der Waals surface area contributed by atoms with Crippen LogP contribution in [-0.4, -0.2) is 19.1 Å². The molecule has 11 aromatic rings. The fourth-order valence-corrected chi connectivity index (χ4v) is 8.31. The minimum Gasteiger partial charge on any atom is -0.309 e. The zero-order valence-electron chi connectivity index (χ0n) is 30.4. The van der Waals surface area contributed by atoms with Crippen LogP contribution in [0.4, 0.5) is 0 Å². The van der Waals surface area contributed by atoms with Crippen molar-refractivity contribution in [3.63, 3.8) is 0 Å². The Hall–Kier alpha value is -7.56. The largest absolute Gasteiger partial charge is 0.309 e. The summed E-state index contributed by atoms with van der Waals surface area (Å²) in [5.41, 5.74) is 16.5. The van der Waals surface area contributed by atoms with Crippen LogP contribution in [0.1, 0.15) is 0 Å². The molecule has 4 nitrogen and oxygen atoms in total. The Morgan fingerprint density at radius 2 is 0.839 bits per heavy atom. The van der Waals surface area contributed by atoms with Crippen molar-refractivity contribution in [2.75, 3.05) is 0 Å². The first kappa shape index (κ1) is 31.9. The average molecular weight is 715 g/mol. The zero-order chi connectivity index (χ0) is 37.0. The number of fused-ring (bicyclic) bond motifs is 6. The first-order valence-corrected chi connectivity index (χ1v) is 19.0. The number of para-hydroxylation sites is 2. The SMILES string of the molecule is c1ccc(-c2cc(-c3ccccc3)nc(-c3ccc(-n4c5ccccc5c5ccc(-c6ccc7c(c6)c6ncccc6n7-c6ccccc6)cc54)cc3)c2)cc1. The van der Waals surface area contributed by atoms with E-state index in [1.54, 1.807) is 0 Å². The molecule has 0 unspecified atom stereocenters. The molecule has 0 aliphatic carbocycles. The monoisotopic (exact) mass is 714 g/mol.